The highest BCUT2D eigenvalue weighted by molar-refractivity contribution is 5.54. The summed E-state index contributed by atoms with van der Waals surface area (Å²) < 4.78 is 5.97. The van der Waals surface area contributed by atoms with Gasteiger partial charge in [-0.25, -0.2) is 0 Å². The van der Waals surface area contributed by atoms with E-state index in [4.69, 9.17) is 11.2 Å². The van der Waals surface area contributed by atoms with Crippen LogP contribution in [0.5, 0.6) is 11.5 Å². The van der Waals surface area contributed by atoms with Gasteiger partial charge in [0.05, 0.1) is 0 Å². The Bertz CT molecular complexity index is 691. The highest BCUT2D eigenvalue weighted by atomic mass is 16.5. The Morgan fingerprint density at radius 2 is 2.22 bits per heavy atom. The van der Waals surface area contributed by atoms with Crippen molar-refractivity contribution in [3.8, 4) is 23.8 Å². The zero-order chi connectivity index (χ0) is 16.4. The Morgan fingerprint density at radius 3 is 3.00 bits per heavy atom. The third kappa shape index (κ3) is 3.15. The van der Waals surface area contributed by atoms with E-state index in [0.717, 1.165) is 61.2 Å². The van der Waals surface area contributed by atoms with Crippen molar-refractivity contribution in [3.63, 3.8) is 0 Å². The first-order valence-corrected chi connectivity index (χ1v) is 8.43. The molecule has 0 radical (unpaired) electrons. The summed E-state index contributed by atoms with van der Waals surface area (Å²) in [6, 6.07) is 3.95. The van der Waals surface area contributed by atoms with E-state index in [2.05, 4.69) is 31.6 Å². The molecule has 2 aliphatic rings. The number of aromatic hydroxyl groups is 1. The normalized spacial score (nSPS) is 22.4. The lowest BCUT2D eigenvalue weighted by Gasteiger charge is -2.37. The van der Waals surface area contributed by atoms with Gasteiger partial charge in [0.15, 0.2) is 0 Å². The Labute approximate surface area is 138 Å². The molecule has 0 amide bonds. The van der Waals surface area contributed by atoms with Crippen LogP contribution < -0.4 is 4.74 Å². The van der Waals surface area contributed by atoms with Gasteiger partial charge in [0.25, 0.3) is 0 Å². The molecule has 1 aromatic rings. The summed E-state index contributed by atoms with van der Waals surface area (Å²) in [5.41, 5.74) is 3.40. The molecule has 23 heavy (non-hydrogen) atoms. The van der Waals surface area contributed by atoms with E-state index in [0.29, 0.717) is 5.75 Å². The number of allylic oxidation sites excluding steroid dienone is 3. The van der Waals surface area contributed by atoms with E-state index in [9.17, 15) is 5.11 Å². The smallest absolute Gasteiger partial charge is 0.134 e. The second-order valence-corrected chi connectivity index (χ2v) is 6.69. The fourth-order valence-electron chi connectivity index (χ4n) is 3.72. The van der Waals surface area contributed by atoms with Crippen molar-refractivity contribution in [2.75, 3.05) is 0 Å². The number of unbranched alkanes of at least 4 members (excludes halogenated alkanes) is 2. The molecule has 0 bridgehead atoms. The molecule has 1 N–H and O–H groups in total. The van der Waals surface area contributed by atoms with Crippen LogP contribution >= 0.6 is 0 Å². The number of phenols is 1. The van der Waals surface area contributed by atoms with Crippen molar-refractivity contribution in [3.05, 3.63) is 47.2 Å². The van der Waals surface area contributed by atoms with E-state index in [1.165, 1.54) is 5.57 Å². The molecule has 0 unspecified atom stereocenters. The minimum atomic E-state index is 0.190. The van der Waals surface area contributed by atoms with Crippen LogP contribution in [0.15, 0.2) is 36.1 Å². The average Bonchev–Trinajstić information content (AvgIpc) is 2.51. The zero-order valence-electron chi connectivity index (χ0n) is 13.8. The van der Waals surface area contributed by atoms with Crippen LogP contribution in [0.2, 0.25) is 0 Å². The zero-order valence-corrected chi connectivity index (χ0v) is 13.8. The number of terminal acetylenes is 1. The standard InChI is InChI=1S/C21H24O2/c1-4-5-6-7-8-16-12-19(22)21-18-11-14(2)9-10-17(18)15(3)23-20(21)13-16/h1,11-13,17-18,22H,3,5-10H2,2H3/t17-,18+/m0/s1. The lowest BCUT2D eigenvalue weighted by atomic mass is 9.74. The summed E-state index contributed by atoms with van der Waals surface area (Å²) in [6.45, 7) is 6.27. The third-order valence-corrected chi connectivity index (χ3v) is 4.95. The van der Waals surface area contributed by atoms with Gasteiger partial charge >= 0.3 is 0 Å². The third-order valence-electron chi connectivity index (χ3n) is 4.95. The number of rotatable bonds is 4. The SMILES string of the molecule is C#CCCCCc1cc(O)c2c(c1)OC(=C)[C@@H]1CCC(C)=C[C@@H]21. The lowest BCUT2D eigenvalue weighted by molar-refractivity contribution is 0.275. The highest BCUT2D eigenvalue weighted by Gasteiger charge is 2.36. The average molecular weight is 308 g/mol. The molecule has 120 valence electrons. The van der Waals surface area contributed by atoms with Crippen molar-refractivity contribution in [1.82, 2.24) is 0 Å². The van der Waals surface area contributed by atoms with E-state index in [1.54, 1.807) is 0 Å². The fraction of sp³-hybridized carbons (Fsp3) is 0.429. The van der Waals surface area contributed by atoms with Gasteiger partial charge in [0.1, 0.15) is 17.3 Å². The van der Waals surface area contributed by atoms with Crippen LogP contribution in [0.3, 0.4) is 0 Å². The van der Waals surface area contributed by atoms with Crippen LogP contribution in [-0.4, -0.2) is 5.11 Å². The summed E-state index contributed by atoms with van der Waals surface area (Å²) in [4.78, 5) is 0. The second-order valence-electron chi connectivity index (χ2n) is 6.69. The van der Waals surface area contributed by atoms with Gasteiger partial charge in [-0.2, -0.15) is 0 Å². The number of hydrogen-bond donors (Lipinski definition) is 1. The van der Waals surface area contributed by atoms with Crippen molar-refractivity contribution in [1.29, 1.82) is 0 Å². The van der Waals surface area contributed by atoms with Gasteiger partial charge in [0.2, 0.25) is 0 Å². The Balaban J connectivity index is 1.89. The molecule has 2 heteroatoms. The molecular weight excluding hydrogens is 284 g/mol. The van der Waals surface area contributed by atoms with E-state index < -0.39 is 0 Å². The summed E-state index contributed by atoms with van der Waals surface area (Å²) in [5.74, 6) is 5.08. The first-order valence-electron chi connectivity index (χ1n) is 8.43. The fourth-order valence-corrected chi connectivity index (χ4v) is 3.72. The van der Waals surface area contributed by atoms with E-state index in [1.807, 2.05) is 6.07 Å². The van der Waals surface area contributed by atoms with Gasteiger partial charge in [-0.1, -0.05) is 18.2 Å². The molecule has 0 spiro atoms. The van der Waals surface area contributed by atoms with Gasteiger partial charge in [-0.05, 0) is 56.7 Å². The molecule has 0 saturated carbocycles. The first-order chi connectivity index (χ1) is 11.1. The summed E-state index contributed by atoms with van der Waals surface area (Å²) >= 11 is 0. The van der Waals surface area contributed by atoms with Crippen molar-refractivity contribution < 1.29 is 9.84 Å². The highest BCUT2D eigenvalue weighted by Crippen LogP contribution is 2.51. The van der Waals surface area contributed by atoms with Crippen molar-refractivity contribution >= 4 is 0 Å². The Hall–Kier alpha value is -2.14. The number of benzene rings is 1. The maximum Gasteiger partial charge on any atom is 0.134 e. The van der Waals surface area contributed by atoms with Gasteiger partial charge in [-0.3, -0.25) is 0 Å². The monoisotopic (exact) mass is 308 g/mol. The second kappa shape index (κ2) is 6.54. The molecule has 0 saturated heterocycles. The molecular formula is C21H24O2. The van der Waals surface area contributed by atoms with Gasteiger partial charge in [-0.15, -0.1) is 12.3 Å². The van der Waals surface area contributed by atoms with E-state index >= 15 is 0 Å². The quantitative estimate of drug-likeness (QED) is 0.477. The summed E-state index contributed by atoms with van der Waals surface area (Å²) in [7, 11) is 0. The van der Waals surface area contributed by atoms with Crippen LogP contribution in [0.25, 0.3) is 0 Å². The molecule has 1 aromatic carbocycles. The topological polar surface area (TPSA) is 29.5 Å². The summed E-state index contributed by atoms with van der Waals surface area (Å²) in [5, 5.41) is 10.6. The van der Waals surface area contributed by atoms with Gasteiger partial charge < -0.3 is 9.84 Å². The maximum atomic E-state index is 10.6. The molecule has 0 fully saturated rings. The minimum Gasteiger partial charge on any atom is -0.507 e. The van der Waals surface area contributed by atoms with Crippen LogP contribution in [-0.2, 0) is 6.42 Å². The van der Waals surface area contributed by atoms with Crippen LogP contribution in [0.1, 0.15) is 56.1 Å². The molecule has 0 aromatic heterocycles. The predicted octanol–water partition coefficient (Wildman–Crippen LogP) is 5.08. The van der Waals surface area contributed by atoms with Crippen LogP contribution in [0, 0.1) is 18.3 Å². The molecule has 1 aliphatic heterocycles. The van der Waals surface area contributed by atoms with Gasteiger partial charge in [0, 0.05) is 23.8 Å². The summed E-state index contributed by atoms with van der Waals surface area (Å²) in [6.07, 6.45) is 13.4. The van der Waals surface area contributed by atoms with E-state index in [-0.39, 0.29) is 11.8 Å². The Kier molecular flexibility index (Phi) is 4.48. The van der Waals surface area contributed by atoms with Crippen LogP contribution in [0.4, 0.5) is 0 Å². The number of hydrogen-bond acceptors (Lipinski definition) is 2. The molecule has 2 nitrogen and oxygen atoms in total. The number of phenolic OH excluding ortho intramolecular Hbond substituents is 1. The number of aryl methyl sites for hydroxylation is 1. The molecule has 1 heterocycles. The maximum absolute atomic E-state index is 10.6. The van der Waals surface area contributed by atoms with Crippen molar-refractivity contribution in [2.45, 2.75) is 51.4 Å². The predicted molar refractivity (Wildman–Crippen MR) is 93.5 cm³/mol. The molecule has 2 atom stereocenters. The lowest BCUT2D eigenvalue weighted by Crippen LogP contribution is -2.25. The first kappa shape index (κ1) is 15.7. The Morgan fingerprint density at radius 1 is 1.39 bits per heavy atom. The minimum absolute atomic E-state index is 0.190. The largest absolute Gasteiger partial charge is 0.507 e. The molecule has 1 aliphatic carbocycles. The number of fused-ring (bicyclic) bond motifs is 3. The number of ether oxygens (including phenoxy) is 1. The molecule has 3 rings (SSSR count). The van der Waals surface area contributed by atoms with Crippen molar-refractivity contribution in [2.24, 2.45) is 5.92 Å².